The minimum Gasteiger partial charge on any atom is -0.465 e. The van der Waals surface area contributed by atoms with Gasteiger partial charge in [-0.15, -0.1) is 0 Å². The molecule has 3 aliphatic rings. The lowest BCUT2D eigenvalue weighted by atomic mass is 10.1. The fraction of sp³-hybridized carbons (Fsp3) is 0.619. The van der Waals surface area contributed by atoms with Crippen LogP contribution >= 0.6 is 0 Å². The zero-order chi connectivity index (χ0) is 20.8. The van der Waals surface area contributed by atoms with Gasteiger partial charge in [0.15, 0.2) is 0 Å². The van der Waals surface area contributed by atoms with E-state index in [0.717, 1.165) is 36.9 Å². The van der Waals surface area contributed by atoms with E-state index in [0.29, 0.717) is 19.4 Å². The molecular formula is C21H28N2O5S. The Labute approximate surface area is 172 Å². The third kappa shape index (κ3) is 3.68. The number of hydrogen-bond acceptors (Lipinski definition) is 5. The molecule has 1 saturated carbocycles. The third-order valence-corrected chi connectivity index (χ3v) is 7.95. The SMILES string of the molecule is CCOC(=O)[C@H]1CCCCN1S(=O)(=O)c1ccc2c(c1)C[C@@H](C)N2C(=O)C1CC1. The van der Waals surface area contributed by atoms with E-state index in [1.807, 2.05) is 11.8 Å². The molecule has 1 saturated heterocycles. The standard InChI is InChI=1S/C21H28N2O5S/c1-3-28-21(25)19-6-4-5-11-22(19)29(26,27)17-9-10-18-16(13-17)12-14(2)23(18)20(24)15-7-8-15/h9-10,13-15,19H,3-8,11-12H2,1-2H3/t14-,19-/m1/s1. The first-order valence-electron chi connectivity index (χ1n) is 10.5. The molecule has 1 aliphatic carbocycles. The molecule has 29 heavy (non-hydrogen) atoms. The smallest absolute Gasteiger partial charge is 0.324 e. The molecule has 0 radical (unpaired) electrons. The Hall–Kier alpha value is -1.93. The molecule has 1 aromatic rings. The van der Waals surface area contributed by atoms with Crippen molar-refractivity contribution in [2.24, 2.45) is 5.92 Å². The first-order valence-corrected chi connectivity index (χ1v) is 11.9. The van der Waals surface area contributed by atoms with Crippen LogP contribution in [0.3, 0.4) is 0 Å². The molecular weight excluding hydrogens is 392 g/mol. The van der Waals surface area contributed by atoms with Crippen LogP contribution in [0.2, 0.25) is 0 Å². The summed E-state index contributed by atoms with van der Waals surface area (Å²) < 4.78 is 33.1. The zero-order valence-corrected chi connectivity index (χ0v) is 17.8. The van der Waals surface area contributed by atoms with Crippen molar-refractivity contribution < 1.29 is 22.7 Å². The van der Waals surface area contributed by atoms with Gasteiger partial charge in [-0.3, -0.25) is 9.59 Å². The Morgan fingerprint density at radius 3 is 2.62 bits per heavy atom. The van der Waals surface area contributed by atoms with Crippen LogP contribution in [0.5, 0.6) is 0 Å². The van der Waals surface area contributed by atoms with E-state index in [-0.39, 0.29) is 29.4 Å². The van der Waals surface area contributed by atoms with Crippen molar-refractivity contribution in [2.75, 3.05) is 18.1 Å². The molecule has 0 aromatic heterocycles. The van der Waals surface area contributed by atoms with Crippen LogP contribution in [0.4, 0.5) is 5.69 Å². The van der Waals surface area contributed by atoms with E-state index in [1.165, 1.54) is 4.31 Å². The van der Waals surface area contributed by atoms with Gasteiger partial charge in [-0.2, -0.15) is 4.31 Å². The molecule has 0 N–H and O–H groups in total. The number of esters is 1. The summed E-state index contributed by atoms with van der Waals surface area (Å²) in [6, 6.07) is 4.25. The minimum absolute atomic E-state index is 0.0262. The van der Waals surface area contributed by atoms with Gasteiger partial charge in [-0.05, 0) is 76.1 Å². The van der Waals surface area contributed by atoms with Crippen molar-refractivity contribution in [3.8, 4) is 0 Å². The average molecular weight is 421 g/mol. The molecule has 0 bridgehead atoms. The summed E-state index contributed by atoms with van der Waals surface area (Å²) in [5.74, 6) is -0.220. The van der Waals surface area contributed by atoms with E-state index >= 15 is 0 Å². The predicted molar refractivity (Wildman–Crippen MR) is 108 cm³/mol. The number of carbonyl (C=O) groups is 2. The Morgan fingerprint density at radius 2 is 1.93 bits per heavy atom. The highest BCUT2D eigenvalue weighted by atomic mass is 32.2. The normalized spacial score (nSPS) is 25.0. The molecule has 8 heteroatoms. The van der Waals surface area contributed by atoms with E-state index in [2.05, 4.69) is 0 Å². The maximum absolute atomic E-state index is 13.4. The Kier molecular flexibility index (Phi) is 5.42. The van der Waals surface area contributed by atoms with Gasteiger partial charge in [-0.25, -0.2) is 8.42 Å². The molecule has 0 unspecified atom stereocenters. The molecule has 1 aromatic carbocycles. The van der Waals surface area contributed by atoms with E-state index in [1.54, 1.807) is 25.1 Å². The monoisotopic (exact) mass is 420 g/mol. The van der Waals surface area contributed by atoms with Gasteiger partial charge >= 0.3 is 5.97 Å². The summed E-state index contributed by atoms with van der Waals surface area (Å²) in [6.45, 7) is 4.25. The lowest BCUT2D eigenvalue weighted by Gasteiger charge is -2.33. The number of benzene rings is 1. The number of sulfonamides is 1. The number of carbonyl (C=O) groups excluding carboxylic acids is 2. The maximum atomic E-state index is 13.4. The summed E-state index contributed by atoms with van der Waals surface area (Å²) in [7, 11) is -3.83. The molecule has 0 spiro atoms. The van der Waals surface area contributed by atoms with Crippen molar-refractivity contribution in [1.29, 1.82) is 0 Å². The van der Waals surface area contributed by atoms with Crippen molar-refractivity contribution in [3.63, 3.8) is 0 Å². The lowest BCUT2D eigenvalue weighted by molar-refractivity contribution is -0.148. The summed E-state index contributed by atoms with van der Waals surface area (Å²) in [6.07, 6.45) is 4.51. The second kappa shape index (κ2) is 7.72. The molecule has 2 heterocycles. The fourth-order valence-corrected chi connectivity index (χ4v) is 6.13. The van der Waals surface area contributed by atoms with Crippen LogP contribution in [0, 0.1) is 5.92 Å². The van der Waals surface area contributed by atoms with Crippen LogP contribution < -0.4 is 4.90 Å². The predicted octanol–water partition coefficient (Wildman–Crippen LogP) is 2.48. The molecule has 2 fully saturated rings. The molecule has 1 amide bonds. The molecule has 2 atom stereocenters. The van der Waals surface area contributed by atoms with Crippen LogP contribution in [0.25, 0.3) is 0 Å². The van der Waals surface area contributed by atoms with Crippen LogP contribution in [0.15, 0.2) is 23.1 Å². The third-order valence-electron chi connectivity index (χ3n) is 6.05. The first-order chi connectivity index (χ1) is 13.8. The second-order valence-corrected chi connectivity index (χ2v) is 10.1. The highest BCUT2D eigenvalue weighted by Crippen LogP contribution is 2.40. The van der Waals surface area contributed by atoms with Crippen molar-refractivity contribution in [3.05, 3.63) is 23.8 Å². The number of piperidine rings is 1. The average Bonchev–Trinajstić information content (AvgIpc) is 3.49. The van der Waals surface area contributed by atoms with Gasteiger partial charge in [0.05, 0.1) is 11.5 Å². The largest absolute Gasteiger partial charge is 0.465 e. The van der Waals surface area contributed by atoms with Gasteiger partial charge in [0, 0.05) is 24.2 Å². The van der Waals surface area contributed by atoms with Crippen molar-refractivity contribution in [1.82, 2.24) is 4.31 Å². The minimum atomic E-state index is -3.83. The van der Waals surface area contributed by atoms with Gasteiger partial charge in [0.1, 0.15) is 6.04 Å². The molecule has 7 nitrogen and oxygen atoms in total. The molecule has 158 valence electrons. The molecule has 2 aliphatic heterocycles. The number of nitrogens with zero attached hydrogens (tertiary/aromatic N) is 2. The molecule has 4 rings (SSSR count). The lowest BCUT2D eigenvalue weighted by Crippen LogP contribution is -2.48. The van der Waals surface area contributed by atoms with E-state index in [4.69, 9.17) is 4.74 Å². The Bertz CT molecular complexity index is 925. The highest BCUT2D eigenvalue weighted by Gasteiger charge is 2.41. The van der Waals surface area contributed by atoms with Gasteiger partial charge in [0.2, 0.25) is 15.9 Å². The topological polar surface area (TPSA) is 84.0 Å². The number of rotatable bonds is 5. The number of fused-ring (bicyclic) bond motifs is 1. The summed E-state index contributed by atoms with van der Waals surface area (Å²) in [5, 5.41) is 0. The van der Waals surface area contributed by atoms with Crippen LogP contribution in [-0.2, 0) is 30.8 Å². The van der Waals surface area contributed by atoms with Gasteiger partial charge in [-0.1, -0.05) is 0 Å². The number of ether oxygens (including phenoxy) is 1. The summed E-state index contributed by atoms with van der Waals surface area (Å²) >= 11 is 0. The maximum Gasteiger partial charge on any atom is 0.324 e. The van der Waals surface area contributed by atoms with Crippen LogP contribution in [-0.4, -0.2) is 49.8 Å². The van der Waals surface area contributed by atoms with E-state index in [9.17, 15) is 18.0 Å². The fourth-order valence-electron chi connectivity index (χ4n) is 4.43. The Morgan fingerprint density at radius 1 is 1.17 bits per heavy atom. The summed E-state index contributed by atoms with van der Waals surface area (Å²) in [5.41, 5.74) is 1.69. The van der Waals surface area contributed by atoms with Crippen molar-refractivity contribution >= 4 is 27.6 Å². The van der Waals surface area contributed by atoms with Gasteiger partial charge < -0.3 is 9.64 Å². The summed E-state index contributed by atoms with van der Waals surface area (Å²) in [4.78, 5) is 27.0. The number of anilines is 1. The van der Waals surface area contributed by atoms with Gasteiger partial charge in [0.25, 0.3) is 0 Å². The Balaban J connectivity index is 1.63. The second-order valence-electron chi connectivity index (χ2n) is 8.21. The van der Waals surface area contributed by atoms with E-state index < -0.39 is 22.0 Å². The number of amides is 1. The highest BCUT2D eigenvalue weighted by molar-refractivity contribution is 7.89. The first kappa shape index (κ1) is 20.3. The van der Waals surface area contributed by atoms with Crippen molar-refractivity contribution in [2.45, 2.75) is 69.4 Å². The number of hydrogen-bond donors (Lipinski definition) is 0. The quantitative estimate of drug-likeness (QED) is 0.684. The zero-order valence-electron chi connectivity index (χ0n) is 17.0. The van der Waals surface area contributed by atoms with Crippen LogP contribution in [0.1, 0.15) is 51.5 Å².